The molecule has 2 amide bonds. The standard InChI is InChI=1S/C26H31Cl2N3O3/c1-29-12-14-30(15-13-29)24(32)17-26(19-34-21-6-3-2-4-7-21)10-5-11-31(18-26)25(33)20-8-9-22(27)23(28)16-20/h2-4,6-9,16H,5,10-15,17-19H2,1H3/t26-/m0/s1. The summed E-state index contributed by atoms with van der Waals surface area (Å²) in [6.07, 6.45) is 1.99. The summed E-state index contributed by atoms with van der Waals surface area (Å²) < 4.78 is 6.17. The van der Waals surface area contributed by atoms with E-state index in [-0.39, 0.29) is 11.8 Å². The van der Waals surface area contributed by atoms with Crippen LogP contribution in [0.1, 0.15) is 29.6 Å². The Balaban J connectivity index is 1.52. The maximum absolute atomic E-state index is 13.3. The first-order valence-corrected chi connectivity index (χ1v) is 12.5. The van der Waals surface area contributed by atoms with Crippen molar-refractivity contribution in [3.05, 3.63) is 64.1 Å². The summed E-state index contributed by atoms with van der Waals surface area (Å²) in [7, 11) is 2.07. The molecule has 2 saturated heterocycles. The highest BCUT2D eigenvalue weighted by Gasteiger charge is 2.41. The predicted octanol–water partition coefficient (Wildman–Crippen LogP) is 4.46. The molecule has 0 bridgehead atoms. The van der Waals surface area contributed by atoms with E-state index in [9.17, 15) is 9.59 Å². The van der Waals surface area contributed by atoms with Gasteiger partial charge in [0.15, 0.2) is 0 Å². The lowest BCUT2D eigenvalue weighted by atomic mass is 9.77. The van der Waals surface area contributed by atoms with Crippen LogP contribution in [-0.4, -0.2) is 79.4 Å². The number of ether oxygens (including phenoxy) is 1. The zero-order chi connectivity index (χ0) is 24.1. The molecule has 182 valence electrons. The van der Waals surface area contributed by atoms with Crippen molar-refractivity contribution >= 4 is 35.0 Å². The number of benzene rings is 2. The van der Waals surface area contributed by atoms with E-state index in [1.807, 2.05) is 40.1 Å². The summed E-state index contributed by atoms with van der Waals surface area (Å²) in [6.45, 7) is 4.69. The number of piperidine rings is 1. The molecular weight excluding hydrogens is 473 g/mol. The Kier molecular flexibility index (Phi) is 8.02. The van der Waals surface area contributed by atoms with Crippen molar-refractivity contribution in [2.24, 2.45) is 5.41 Å². The third-order valence-corrected chi connectivity index (χ3v) is 7.52. The molecule has 2 aliphatic rings. The highest BCUT2D eigenvalue weighted by Crippen LogP contribution is 2.36. The number of hydrogen-bond donors (Lipinski definition) is 0. The third-order valence-electron chi connectivity index (χ3n) is 6.79. The molecule has 6 nitrogen and oxygen atoms in total. The number of carbonyl (C=O) groups is 2. The Morgan fingerprint density at radius 2 is 1.68 bits per heavy atom. The van der Waals surface area contributed by atoms with Gasteiger partial charge in [-0.25, -0.2) is 0 Å². The molecule has 0 saturated carbocycles. The van der Waals surface area contributed by atoms with Crippen molar-refractivity contribution in [2.75, 3.05) is 52.9 Å². The van der Waals surface area contributed by atoms with Gasteiger partial charge in [-0.05, 0) is 50.2 Å². The van der Waals surface area contributed by atoms with Crippen LogP contribution in [0.4, 0.5) is 0 Å². The molecule has 0 radical (unpaired) electrons. The average Bonchev–Trinajstić information content (AvgIpc) is 2.85. The van der Waals surface area contributed by atoms with Gasteiger partial charge in [0, 0.05) is 56.7 Å². The number of carbonyl (C=O) groups excluding carboxylic acids is 2. The zero-order valence-electron chi connectivity index (χ0n) is 19.5. The van der Waals surface area contributed by atoms with Crippen LogP contribution in [0.2, 0.25) is 10.0 Å². The van der Waals surface area contributed by atoms with Gasteiger partial charge in [0.2, 0.25) is 5.91 Å². The average molecular weight is 504 g/mol. The van der Waals surface area contributed by atoms with Gasteiger partial charge in [0.25, 0.3) is 5.91 Å². The van der Waals surface area contributed by atoms with E-state index < -0.39 is 5.41 Å². The monoisotopic (exact) mass is 503 g/mol. The molecule has 4 rings (SSSR count). The fourth-order valence-electron chi connectivity index (χ4n) is 4.75. The van der Waals surface area contributed by atoms with Crippen LogP contribution in [0.25, 0.3) is 0 Å². The molecule has 8 heteroatoms. The smallest absolute Gasteiger partial charge is 0.253 e. The lowest BCUT2D eigenvalue weighted by Gasteiger charge is -2.43. The Hall–Kier alpha value is -2.28. The van der Waals surface area contributed by atoms with E-state index in [1.165, 1.54) is 0 Å². The summed E-state index contributed by atoms with van der Waals surface area (Å²) in [5, 5.41) is 0.772. The van der Waals surface area contributed by atoms with Crippen molar-refractivity contribution in [3.63, 3.8) is 0 Å². The number of likely N-dealkylation sites (tertiary alicyclic amines) is 1. The Bertz CT molecular complexity index is 1010. The zero-order valence-corrected chi connectivity index (χ0v) is 21.0. The van der Waals surface area contributed by atoms with E-state index in [1.54, 1.807) is 18.2 Å². The second-order valence-electron chi connectivity index (χ2n) is 9.42. The van der Waals surface area contributed by atoms with Gasteiger partial charge in [0.05, 0.1) is 16.7 Å². The minimum Gasteiger partial charge on any atom is -0.493 e. The van der Waals surface area contributed by atoms with Gasteiger partial charge in [-0.1, -0.05) is 41.4 Å². The number of likely N-dealkylation sites (N-methyl/N-ethyl adjacent to an activating group) is 1. The summed E-state index contributed by atoms with van der Waals surface area (Å²) >= 11 is 12.2. The van der Waals surface area contributed by atoms with E-state index in [0.717, 1.165) is 44.8 Å². The Morgan fingerprint density at radius 1 is 0.941 bits per heavy atom. The van der Waals surface area contributed by atoms with E-state index in [4.69, 9.17) is 27.9 Å². The highest BCUT2D eigenvalue weighted by atomic mass is 35.5. The molecule has 0 spiro atoms. The van der Waals surface area contributed by atoms with E-state index >= 15 is 0 Å². The maximum atomic E-state index is 13.3. The van der Waals surface area contributed by atoms with Crippen LogP contribution >= 0.6 is 23.2 Å². The first kappa shape index (κ1) is 24.8. The van der Waals surface area contributed by atoms with Crippen LogP contribution in [0.3, 0.4) is 0 Å². The van der Waals surface area contributed by atoms with Gasteiger partial charge >= 0.3 is 0 Å². The van der Waals surface area contributed by atoms with Crippen molar-refractivity contribution in [2.45, 2.75) is 19.3 Å². The molecule has 2 aromatic carbocycles. The first-order valence-electron chi connectivity index (χ1n) is 11.7. The number of hydrogen-bond acceptors (Lipinski definition) is 4. The molecule has 2 aliphatic heterocycles. The second-order valence-corrected chi connectivity index (χ2v) is 10.2. The Labute approximate surface area is 211 Å². The minimum atomic E-state index is -0.458. The van der Waals surface area contributed by atoms with Crippen LogP contribution in [-0.2, 0) is 4.79 Å². The lowest BCUT2D eigenvalue weighted by Crippen LogP contribution is -2.53. The number of halogens is 2. The molecule has 1 atom stereocenters. The molecule has 0 N–H and O–H groups in total. The van der Waals surface area contributed by atoms with Crippen molar-refractivity contribution in [3.8, 4) is 5.75 Å². The normalized spacial score (nSPS) is 21.4. The predicted molar refractivity (Wildman–Crippen MR) is 135 cm³/mol. The van der Waals surface area contributed by atoms with Gasteiger partial charge in [-0.2, -0.15) is 0 Å². The number of rotatable bonds is 6. The number of amides is 2. The molecule has 2 fully saturated rings. The van der Waals surface area contributed by atoms with Gasteiger partial charge in [-0.3, -0.25) is 9.59 Å². The van der Waals surface area contributed by atoms with Gasteiger partial charge in [-0.15, -0.1) is 0 Å². The highest BCUT2D eigenvalue weighted by molar-refractivity contribution is 6.42. The van der Waals surface area contributed by atoms with Gasteiger partial charge in [0.1, 0.15) is 5.75 Å². The molecule has 2 heterocycles. The summed E-state index contributed by atoms with van der Waals surface area (Å²) in [4.78, 5) is 32.7. The van der Waals surface area contributed by atoms with Crippen LogP contribution in [0, 0.1) is 5.41 Å². The van der Waals surface area contributed by atoms with Crippen LogP contribution in [0.5, 0.6) is 5.75 Å². The topological polar surface area (TPSA) is 53.1 Å². The lowest BCUT2D eigenvalue weighted by molar-refractivity contribution is -0.137. The molecule has 0 unspecified atom stereocenters. The number of nitrogens with zero attached hydrogens (tertiary/aromatic N) is 3. The minimum absolute atomic E-state index is 0.102. The van der Waals surface area contributed by atoms with Crippen LogP contribution < -0.4 is 4.74 Å². The number of piperazine rings is 1. The summed E-state index contributed by atoms with van der Waals surface area (Å²) in [6, 6.07) is 14.6. The largest absolute Gasteiger partial charge is 0.493 e. The molecule has 2 aromatic rings. The fourth-order valence-corrected chi connectivity index (χ4v) is 5.05. The first-order chi connectivity index (χ1) is 16.3. The second kappa shape index (κ2) is 11.0. The summed E-state index contributed by atoms with van der Waals surface area (Å²) in [5.74, 6) is 0.796. The van der Waals surface area contributed by atoms with Crippen molar-refractivity contribution in [1.82, 2.24) is 14.7 Å². The molecular formula is C26H31Cl2N3O3. The van der Waals surface area contributed by atoms with E-state index in [0.29, 0.717) is 41.7 Å². The van der Waals surface area contributed by atoms with Crippen molar-refractivity contribution in [1.29, 1.82) is 0 Å². The third kappa shape index (κ3) is 6.04. The molecule has 34 heavy (non-hydrogen) atoms. The summed E-state index contributed by atoms with van der Waals surface area (Å²) in [5.41, 5.74) is 0.0417. The van der Waals surface area contributed by atoms with Gasteiger partial charge < -0.3 is 19.4 Å². The molecule has 0 aromatic heterocycles. The van der Waals surface area contributed by atoms with Crippen molar-refractivity contribution < 1.29 is 14.3 Å². The maximum Gasteiger partial charge on any atom is 0.253 e. The molecule has 0 aliphatic carbocycles. The quantitative estimate of drug-likeness (QED) is 0.583. The van der Waals surface area contributed by atoms with E-state index in [2.05, 4.69) is 11.9 Å². The number of para-hydroxylation sites is 1. The SMILES string of the molecule is CN1CCN(C(=O)C[C@@]2(COc3ccccc3)CCCN(C(=O)c3ccc(Cl)c(Cl)c3)C2)CC1. The Morgan fingerprint density at radius 3 is 2.38 bits per heavy atom. The fraction of sp³-hybridized carbons (Fsp3) is 0.462. The van der Waals surface area contributed by atoms with Crippen LogP contribution in [0.15, 0.2) is 48.5 Å².